The molecule has 5 aromatic rings. The summed E-state index contributed by atoms with van der Waals surface area (Å²) in [5, 5.41) is 15.4. The topological polar surface area (TPSA) is 119 Å². The van der Waals surface area contributed by atoms with Crippen LogP contribution >= 0.6 is 0 Å². The summed E-state index contributed by atoms with van der Waals surface area (Å²) < 4.78 is 29.2. The van der Waals surface area contributed by atoms with Gasteiger partial charge in [0, 0.05) is 42.4 Å². The average molecular weight is 640 g/mol. The van der Waals surface area contributed by atoms with Crippen molar-refractivity contribution in [2.75, 3.05) is 44.0 Å². The Morgan fingerprint density at radius 1 is 0.979 bits per heavy atom. The fraction of sp³-hybridized carbons (Fsp3) is 0.343. The minimum absolute atomic E-state index is 0.0634. The first-order chi connectivity index (χ1) is 23.0. The molecule has 0 aliphatic carbocycles. The number of nitrogens with one attached hydrogen (secondary N) is 2. The highest BCUT2D eigenvalue weighted by atomic mass is 16.8. The zero-order valence-electron chi connectivity index (χ0n) is 26.9. The van der Waals surface area contributed by atoms with Crippen LogP contribution in [0.3, 0.4) is 0 Å². The van der Waals surface area contributed by atoms with E-state index in [0.717, 1.165) is 53.6 Å². The number of rotatable bonds is 15. The number of hydrogen-bond acceptors (Lipinski definition) is 9. The third-order valence-corrected chi connectivity index (χ3v) is 8.22. The molecule has 3 heterocycles. The van der Waals surface area contributed by atoms with Crippen LogP contribution < -0.4 is 25.8 Å². The molecule has 12 nitrogen and oxygen atoms in total. The van der Waals surface area contributed by atoms with Gasteiger partial charge in [-0.2, -0.15) is 10.2 Å². The highest BCUT2D eigenvalue weighted by molar-refractivity contribution is 5.50. The second kappa shape index (κ2) is 14.6. The van der Waals surface area contributed by atoms with Gasteiger partial charge >= 0.3 is 5.69 Å². The third-order valence-electron chi connectivity index (χ3n) is 8.22. The van der Waals surface area contributed by atoms with E-state index in [0.29, 0.717) is 19.8 Å². The Morgan fingerprint density at radius 3 is 2.40 bits per heavy atom. The van der Waals surface area contributed by atoms with E-state index in [1.807, 2.05) is 98.9 Å². The van der Waals surface area contributed by atoms with E-state index in [4.69, 9.17) is 18.9 Å². The Morgan fingerprint density at radius 2 is 1.72 bits per heavy atom. The summed E-state index contributed by atoms with van der Waals surface area (Å²) in [4.78, 5) is 12.7. The van der Waals surface area contributed by atoms with Crippen LogP contribution in [0, 0.1) is 0 Å². The minimum atomic E-state index is -1.00. The SMILES string of the molecule is CCC(C)n1ncn(-c2ccc(NCCNc3ccc(OC[C@@H]4CO[C@@](Cn5cccn5)(c5cccc(OC)c5)O4)cc3)cc2)c1=O. The number of methoxy groups -OCH3 is 1. The maximum Gasteiger partial charge on any atom is 0.350 e. The first-order valence-electron chi connectivity index (χ1n) is 15.9. The number of aromatic nitrogens is 5. The molecule has 0 saturated carbocycles. The van der Waals surface area contributed by atoms with Crippen molar-refractivity contribution in [3.63, 3.8) is 0 Å². The zero-order valence-corrected chi connectivity index (χ0v) is 26.9. The van der Waals surface area contributed by atoms with Crippen molar-refractivity contribution in [3.8, 4) is 17.2 Å². The molecule has 0 radical (unpaired) electrons. The lowest BCUT2D eigenvalue weighted by Crippen LogP contribution is -2.34. The van der Waals surface area contributed by atoms with Crippen LogP contribution in [-0.2, 0) is 21.8 Å². The lowest BCUT2D eigenvalue weighted by atomic mass is 10.1. The van der Waals surface area contributed by atoms with Crippen molar-refractivity contribution >= 4 is 11.4 Å². The van der Waals surface area contributed by atoms with Gasteiger partial charge in [0.15, 0.2) is 0 Å². The highest BCUT2D eigenvalue weighted by Crippen LogP contribution is 2.37. The summed E-state index contributed by atoms with van der Waals surface area (Å²) in [5.41, 5.74) is 3.48. The van der Waals surface area contributed by atoms with Gasteiger partial charge in [-0.25, -0.2) is 14.0 Å². The summed E-state index contributed by atoms with van der Waals surface area (Å²) in [7, 11) is 1.64. The lowest BCUT2D eigenvalue weighted by molar-refractivity contribution is -0.190. The standard InChI is InChI=1S/C35H41N7O5/c1-4-26(2)42-34(43)41(25-39-42)30-13-9-28(10-14-30)36-18-19-37-29-11-15-31(16-12-29)45-22-33-23-46-35(47-33,24-40-20-6-17-38-40)27-7-5-8-32(21-27)44-3/h5-17,20-21,25-26,33,36-37H,4,18-19,22-24H2,1-3H3/t26?,33-,35-/m1/s1. The van der Waals surface area contributed by atoms with Gasteiger partial charge in [0.1, 0.15) is 30.5 Å². The number of hydrogen-bond donors (Lipinski definition) is 2. The van der Waals surface area contributed by atoms with Crippen molar-refractivity contribution in [2.24, 2.45) is 0 Å². The summed E-state index contributed by atoms with van der Waals surface area (Å²) in [5.74, 6) is 0.473. The summed E-state index contributed by atoms with van der Waals surface area (Å²) in [6.07, 6.45) is 5.78. The Balaban J connectivity index is 0.963. The van der Waals surface area contributed by atoms with Crippen molar-refractivity contribution in [1.29, 1.82) is 0 Å². The van der Waals surface area contributed by atoms with Crippen LogP contribution in [0.15, 0.2) is 102 Å². The predicted molar refractivity (Wildman–Crippen MR) is 179 cm³/mol. The molecule has 3 aromatic carbocycles. The van der Waals surface area contributed by atoms with E-state index in [1.54, 1.807) is 28.9 Å². The van der Waals surface area contributed by atoms with Crippen molar-refractivity contribution < 1.29 is 18.9 Å². The Bertz CT molecular complexity index is 1770. The van der Waals surface area contributed by atoms with E-state index in [9.17, 15) is 4.79 Å². The number of ether oxygens (including phenoxy) is 4. The maximum atomic E-state index is 12.7. The molecule has 1 unspecified atom stereocenters. The number of nitrogens with zero attached hydrogens (tertiary/aromatic N) is 5. The van der Waals surface area contributed by atoms with Gasteiger partial charge in [0.2, 0.25) is 5.79 Å². The van der Waals surface area contributed by atoms with E-state index >= 15 is 0 Å². The fourth-order valence-electron chi connectivity index (χ4n) is 5.42. The van der Waals surface area contributed by atoms with Crippen molar-refractivity contribution in [1.82, 2.24) is 24.1 Å². The highest BCUT2D eigenvalue weighted by Gasteiger charge is 2.44. The largest absolute Gasteiger partial charge is 0.497 e. The molecule has 1 saturated heterocycles. The van der Waals surface area contributed by atoms with Crippen molar-refractivity contribution in [3.05, 3.63) is 114 Å². The summed E-state index contributed by atoms with van der Waals surface area (Å²) in [6.45, 7) is 6.59. The van der Waals surface area contributed by atoms with Crippen LogP contribution in [0.5, 0.6) is 11.5 Å². The minimum Gasteiger partial charge on any atom is -0.497 e. The smallest absolute Gasteiger partial charge is 0.350 e. The van der Waals surface area contributed by atoms with Crippen LogP contribution in [0.25, 0.3) is 5.69 Å². The average Bonchev–Trinajstić information content (AvgIpc) is 3.87. The van der Waals surface area contributed by atoms with E-state index in [2.05, 4.69) is 20.8 Å². The van der Waals surface area contributed by atoms with Crippen LogP contribution in [0.1, 0.15) is 31.9 Å². The molecule has 1 fully saturated rings. The quantitative estimate of drug-likeness (QED) is 0.151. The first kappa shape index (κ1) is 31.9. The third kappa shape index (κ3) is 7.50. The molecular weight excluding hydrogens is 598 g/mol. The molecule has 0 bridgehead atoms. The molecule has 47 heavy (non-hydrogen) atoms. The monoisotopic (exact) mass is 639 g/mol. The van der Waals surface area contributed by atoms with Gasteiger partial charge in [0.05, 0.1) is 32.0 Å². The molecule has 0 spiro atoms. The Kier molecular flexibility index (Phi) is 9.89. The van der Waals surface area contributed by atoms with Gasteiger partial charge < -0.3 is 29.6 Å². The summed E-state index contributed by atoms with van der Waals surface area (Å²) >= 11 is 0. The van der Waals surface area contributed by atoms with Crippen LogP contribution in [0.4, 0.5) is 11.4 Å². The van der Waals surface area contributed by atoms with Gasteiger partial charge in [0.25, 0.3) is 0 Å². The molecule has 12 heteroatoms. The second-order valence-electron chi connectivity index (χ2n) is 11.5. The molecule has 1 aliphatic heterocycles. The van der Waals surface area contributed by atoms with Crippen LogP contribution in [0.2, 0.25) is 0 Å². The molecule has 246 valence electrons. The maximum absolute atomic E-state index is 12.7. The molecule has 2 aromatic heterocycles. The fourth-order valence-corrected chi connectivity index (χ4v) is 5.42. The lowest BCUT2D eigenvalue weighted by Gasteiger charge is -2.29. The van der Waals surface area contributed by atoms with Gasteiger partial charge in [-0.15, -0.1) is 0 Å². The van der Waals surface area contributed by atoms with E-state index in [1.165, 1.54) is 4.68 Å². The van der Waals surface area contributed by atoms with Crippen LogP contribution in [-0.4, -0.2) is 63.6 Å². The summed E-state index contributed by atoms with van der Waals surface area (Å²) in [6, 6.07) is 25.3. The molecule has 1 aliphatic rings. The Hall–Kier alpha value is -5.07. The normalized spacial score (nSPS) is 18.1. The Labute approximate surface area is 273 Å². The van der Waals surface area contributed by atoms with Gasteiger partial charge in [-0.05, 0) is 80.1 Å². The number of anilines is 2. The second-order valence-corrected chi connectivity index (χ2v) is 11.5. The predicted octanol–water partition coefficient (Wildman–Crippen LogP) is 5.08. The molecular formula is C35H41N7O5. The molecule has 2 N–H and O–H groups in total. The van der Waals surface area contributed by atoms with Gasteiger partial charge in [-0.3, -0.25) is 4.68 Å². The molecule has 0 amide bonds. The zero-order chi connectivity index (χ0) is 32.6. The number of benzene rings is 3. The van der Waals surface area contributed by atoms with E-state index < -0.39 is 5.79 Å². The molecule has 3 atom stereocenters. The first-order valence-corrected chi connectivity index (χ1v) is 15.9. The van der Waals surface area contributed by atoms with E-state index in [-0.39, 0.29) is 17.8 Å². The van der Waals surface area contributed by atoms with Gasteiger partial charge in [-0.1, -0.05) is 19.1 Å². The van der Waals surface area contributed by atoms with Crippen molar-refractivity contribution in [2.45, 2.75) is 44.7 Å². The molecule has 6 rings (SSSR count).